The highest BCUT2D eigenvalue weighted by atomic mass is 32.2. The maximum Gasteiger partial charge on any atom is 0.263 e. The maximum absolute atomic E-state index is 12.1. The predicted octanol–water partition coefficient (Wildman–Crippen LogP) is 1.45. The average Bonchev–Trinajstić information content (AvgIpc) is 2.89. The Kier molecular flexibility index (Phi) is 4.46. The zero-order valence-corrected chi connectivity index (χ0v) is 12.0. The van der Waals surface area contributed by atoms with Crippen molar-refractivity contribution in [3.8, 4) is 0 Å². The number of aromatic nitrogens is 2. The molecule has 1 heterocycles. The molecule has 0 aliphatic heterocycles. The molecule has 0 aliphatic carbocycles. The van der Waals surface area contributed by atoms with Gasteiger partial charge < -0.3 is 5.32 Å². The minimum absolute atomic E-state index is 0.220. The average molecular weight is 298 g/mol. The molecule has 1 aromatic heterocycles. The van der Waals surface area contributed by atoms with Crippen molar-refractivity contribution in [3.05, 3.63) is 35.3 Å². The fourth-order valence-electron chi connectivity index (χ4n) is 1.48. The Hall–Kier alpha value is -1.51. The number of hydrogen-bond acceptors (Lipinski definition) is 6. The third-order valence-corrected chi connectivity index (χ3v) is 4.44. The zero-order valence-electron chi connectivity index (χ0n) is 10.3. The lowest BCUT2D eigenvalue weighted by Gasteiger charge is -2.07. The van der Waals surface area contributed by atoms with Crippen molar-refractivity contribution in [2.24, 2.45) is 0 Å². The Bertz CT molecular complexity index is 626. The topological polar surface area (TPSA) is 84.0 Å². The SMILES string of the molecule is CCNCc1cccc(S(=O)(=O)Nc2nncs2)c1. The van der Waals surface area contributed by atoms with Gasteiger partial charge in [-0.15, -0.1) is 10.2 Å². The summed E-state index contributed by atoms with van der Waals surface area (Å²) in [6.45, 7) is 3.47. The number of sulfonamides is 1. The third-order valence-electron chi connectivity index (χ3n) is 2.37. The van der Waals surface area contributed by atoms with Gasteiger partial charge in [0.2, 0.25) is 5.13 Å². The first-order valence-corrected chi connectivity index (χ1v) is 8.07. The van der Waals surface area contributed by atoms with Crippen molar-refractivity contribution < 1.29 is 8.42 Å². The van der Waals surface area contributed by atoms with Crippen LogP contribution in [0, 0.1) is 0 Å². The number of rotatable bonds is 6. The highest BCUT2D eigenvalue weighted by Crippen LogP contribution is 2.17. The van der Waals surface area contributed by atoms with E-state index in [2.05, 4.69) is 20.2 Å². The summed E-state index contributed by atoms with van der Waals surface area (Å²) in [6, 6.07) is 6.80. The van der Waals surface area contributed by atoms with Crippen LogP contribution in [0.25, 0.3) is 0 Å². The summed E-state index contributed by atoms with van der Waals surface area (Å²) in [7, 11) is -3.60. The Labute approximate surface area is 115 Å². The molecular weight excluding hydrogens is 284 g/mol. The molecule has 0 radical (unpaired) electrons. The van der Waals surface area contributed by atoms with Gasteiger partial charge in [0.25, 0.3) is 10.0 Å². The van der Waals surface area contributed by atoms with E-state index in [1.807, 2.05) is 13.0 Å². The van der Waals surface area contributed by atoms with Crippen molar-refractivity contribution in [2.45, 2.75) is 18.4 Å². The van der Waals surface area contributed by atoms with Gasteiger partial charge in [-0.2, -0.15) is 0 Å². The first kappa shape index (κ1) is 13.9. The van der Waals surface area contributed by atoms with Gasteiger partial charge in [0.05, 0.1) is 4.90 Å². The van der Waals surface area contributed by atoms with Crippen molar-refractivity contribution in [3.63, 3.8) is 0 Å². The third kappa shape index (κ3) is 3.72. The second-order valence-corrected chi connectivity index (χ2v) is 6.29. The smallest absolute Gasteiger partial charge is 0.263 e. The quantitative estimate of drug-likeness (QED) is 0.843. The molecule has 0 saturated carbocycles. The van der Waals surface area contributed by atoms with Crippen LogP contribution in [0.5, 0.6) is 0 Å². The first-order chi connectivity index (χ1) is 9.12. The van der Waals surface area contributed by atoms with Gasteiger partial charge in [0.15, 0.2) is 0 Å². The second-order valence-electron chi connectivity index (χ2n) is 3.78. The van der Waals surface area contributed by atoms with E-state index >= 15 is 0 Å². The Morgan fingerprint density at radius 1 is 1.37 bits per heavy atom. The zero-order chi connectivity index (χ0) is 13.7. The second kappa shape index (κ2) is 6.09. The van der Waals surface area contributed by atoms with Crippen molar-refractivity contribution in [1.82, 2.24) is 15.5 Å². The van der Waals surface area contributed by atoms with Crippen LogP contribution in [0.1, 0.15) is 12.5 Å². The van der Waals surface area contributed by atoms with E-state index in [1.54, 1.807) is 18.2 Å². The number of nitrogens with zero attached hydrogens (tertiary/aromatic N) is 2. The summed E-state index contributed by atoms with van der Waals surface area (Å²) in [6.07, 6.45) is 0. The molecule has 102 valence electrons. The molecule has 0 unspecified atom stereocenters. The van der Waals surface area contributed by atoms with Crippen LogP contribution < -0.4 is 10.0 Å². The van der Waals surface area contributed by atoms with Gasteiger partial charge in [-0.05, 0) is 24.2 Å². The minimum Gasteiger partial charge on any atom is -0.313 e. The lowest BCUT2D eigenvalue weighted by atomic mass is 10.2. The summed E-state index contributed by atoms with van der Waals surface area (Å²) in [5.41, 5.74) is 2.39. The van der Waals surface area contributed by atoms with E-state index in [0.717, 1.165) is 23.4 Å². The van der Waals surface area contributed by atoms with Gasteiger partial charge in [0, 0.05) is 6.54 Å². The van der Waals surface area contributed by atoms with E-state index < -0.39 is 10.0 Å². The molecule has 19 heavy (non-hydrogen) atoms. The largest absolute Gasteiger partial charge is 0.313 e. The van der Waals surface area contributed by atoms with E-state index in [1.165, 1.54) is 5.51 Å². The van der Waals surface area contributed by atoms with E-state index in [9.17, 15) is 8.42 Å². The molecule has 2 aromatic rings. The lowest BCUT2D eigenvalue weighted by Crippen LogP contribution is -2.15. The fourth-order valence-corrected chi connectivity index (χ4v) is 3.25. The molecule has 2 N–H and O–H groups in total. The molecule has 0 atom stereocenters. The molecular formula is C11H14N4O2S2. The molecule has 0 spiro atoms. The standard InChI is InChI=1S/C11H14N4O2S2/c1-2-12-7-9-4-3-5-10(6-9)19(16,17)15-11-14-13-8-18-11/h3-6,8,12H,2,7H2,1H3,(H,14,15). The maximum atomic E-state index is 12.1. The fraction of sp³-hybridized carbons (Fsp3) is 0.273. The van der Waals surface area contributed by atoms with Crippen LogP contribution in [0.3, 0.4) is 0 Å². The van der Waals surface area contributed by atoms with E-state index in [4.69, 9.17) is 0 Å². The van der Waals surface area contributed by atoms with Gasteiger partial charge in [-0.3, -0.25) is 4.72 Å². The Morgan fingerprint density at radius 3 is 2.89 bits per heavy atom. The summed E-state index contributed by atoms with van der Waals surface area (Å²) in [5, 5.41) is 10.7. The van der Waals surface area contributed by atoms with Gasteiger partial charge in [0.1, 0.15) is 5.51 Å². The number of nitrogens with one attached hydrogen (secondary N) is 2. The Balaban J connectivity index is 2.20. The van der Waals surface area contributed by atoms with Crippen LogP contribution in [-0.4, -0.2) is 25.2 Å². The van der Waals surface area contributed by atoms with Crippen LogP contribution in [-0.2, 0) is 16.6 Å². The molecule has 1 aromatic carbocycles. The summed E-state index contributed by atoms with van der Waals surface area (Å²) < 4.78 is 26.7. The van der Waals surface area contributed by atoms with Gasteiger partial charge >= 0.3 is 0 Å². The lowest BCUT2D eigenvalue weighted by molar-refractivity contribution is 0.601. The molecule has 0 amide bonds. The van der Waals surface area contributed by atoms with Crippen molar-refractivity contribution in [2.75, 3.05) is 11.3 Å². The van der Waals surface area contributed by atoms with Crippen molar-refractivity contribution >= 4 is 26.5 Å². The van der Waals surface area contributed by atoms with Crippen LogP contribution in [0.4, 0.5) is 5.13 Å². The number of anilines is 1. The molecule has 0 saturated heterocycles. The number of benzene rings is 1. The molecule has 8 heteroatoms. The number of hydrogen-bond donors (Lipinski definition) is 2. The summed E-state index contributed by atoms with van der Waals surface area (Å²) in [4.78, 5) is 0.220. The van der Waals surface area contributed by atoms with Crippen LogP contribution in [0.15, 0.2) is 34.7 Å². The highest BCUT2D eigenvalue weighted by Gasteiger charge is 2.15. The molecule has 6 nitrogen and oxygen atoms in total. The van der Waals surface area contributed by atoms with E-state index in [-0.39, 0.29) is 10.0 Å². The molecule has 2 rings (SSSR count). The highest BCUT2D eigenvalue weighted by molar-refractivity contribution is 7.93. The first-order valence-electron chi connectivity index (χ1n) is 5.70. The Morgan fingerprint density at radius 2 is 2.21 bits per heavy atom. The van der Waals surface area contributed by atoms with E-state index in [0.29, 0.717) is 6.54 Å². The predicted molar refractivity (Wildman–Crippen MR) is 74.5 cm³/mol. The molecule has 0 fully saturated rings. The van der Waals surface area contributed by atoms with Crippen LogP contribution in [0.2, 0.25) is 0 Å². The molecule has 0 aliphatic rings. The summed E-state index contributed by atoms with van der Waals surface area (Å²) >= 11 is 1.14. The van der Waals surface area contributed by atoms with Gasteiger partial charge in [-0.25, -0.2) is 8.42 Å². The summed E-state index contributed by atoms with van der Waals surface area (Å²) in [5.74, 6) is 0. The monoisotopic (exact) mass is 298 g/mol. The minimum atomic E-state index is -3.60. The normalized spacial score (nSPS) is 11.4. The molecule has 0 bridgehead atoms. The van der Waals surface area contributed by atoms with Crippen molar-refractivity contribution in [1.29, 1.82) is 0 Å². The van der Waals surface area contributed by atoms with Gasteiger partial charge in [-0.1, -0.05) is 30.4 Å². The van der Waals surface area contributed by atoms with Crippen LogP contribution >= 0.6 is 11.3 Å².